The maximum absolute atomic E-state index is 5.13. The van der Waals surface area contributed by atoms with Crippen LogP contribution in [0.15, 0.2) is 352 Å². The molecule has 0 unspecified atom stereocenters. The minimum absolute atomic E-state index is 0.627. The third-order valence-corrected chi connectivity index (χ3v) is 22.4. The second-order valence-corrected chi connectivity index (χ2v) is 28.4. The zero-order valence-electron chi connectivity index (χ0n) is 59.0. The van der Waals surface area contributed by atoms with E-state index in [1.165, 1.54) is 93.0 Å². The van der Waals surface area contributed by atoms with E-state index in [9.17, 15) is 0 Å². The third kappa shape index (κ3) is 9.42. The van der Waals surface area contributed by atoms with E-state index in [4.69, 9.17) is 39.9 Å². The number of benzene rings is 16. The van der Waals surface area contributed by atoms with Crippen molar-refractivity contribution in [3.8, 4) is 124 Å². The molecule has 0 saturated heterocycles. The molecular weight excluding hydrogens is 1340 g/mol. The molecule has 0 aliphatic heterocycles. The minimum atomic E-state index is 0.627. The summed E-state index contributed by atoms with van der Waals surface area (Å²) in [5.41, 5.74) is 24.2. The lowest BCUT2D eigenvalue weighted by atomic mass is 9.93. The molecule has 110 heavy (non-hydrogen) atoms. The van der Waals surface area contributed by atoms with Crippen LogP contribution in [0.1, 0.15) is 0 Å². The van der Waals surface area contributed by atoms with Crippen LogP contribution in [0.5, 0.6) is 0 Å². The monoisotopic (exact) mass is 1400 g/mol. The van der Waals surface area contributed by atoms with E-state index in [-0.39, 0.29) is 0 Å². The zero-order chi connectivity index (χ0) is 72.1. The standard InChI is InChI=1S/2C50H29N5/c1-3-13-31(14-4-1)48-52-49(32-15-5-2-6-16-32)54-50(53-48)39-25-27-41(37-22-10-9-21-36(37)39)55-42-26-24-30-17-11-23-38-34-19-7-8-20-35(34)40-29-33-18-12-28-51-46(33)47(55)44(40)45(42)43(30)38;1-2-11-32(12-3-1)48-52-49(54-50(53-48)36-20-19-30-10-4-5-13-34(30)28-36)33-21-24-37(25-22-33)55-42-26-23-31-14-8-18-40-38-16-6-7-17-39(38)41-29-35-15-9-27-51-46(35)47(55)44(41)45(42)43(31)40/h2*1-29H. The average molecular weight is 1400 g/mol. The van der Waals surface area contributed by atoms with E-state index in [1.807, 2.05) is 116 Å². The quantitative estimate of drug-likeness (QED) is 0.148. The highest BCUT2D eigenvalue weighted by molar-refractivity contribution is 6.35. The van der Waals surface area contributed by atoms with Crippen LogP contribution in [0.3, 0.4) is 0 Å². The fraction of sp³-hybridized carbons (Fsp3) is 0. The van der Waals surface area contributed by atoms with Gasteiger partial charge in [0.1, 0.15) is 0 Å². The first-order valence-corrected chi connectivity index (χ1v) is 37.1. The number of aromatic nitrogens is 10. The van der Waals surface area contributed by atoms with E-state index in [1.54, 1.807) is 0 Å². The van der Waals surface area contributed by atoms with Crippen LogP contribution in [0.4, 0.5) is 0 Å². The summed E-state index contributed by atoms with van der Waals surface area (Å²) in [5, 5.41) is 16.7. The summed E-state index contributed by atoms with van der Waals surface area (Å²) in [6.07, 6.45) is 3.82. The Morgan fingerprint density at radius 2 is 0.591 bits per heavy atom. The topological polar surface area (TPSA) is 113 Å². The van der Waals surface area contributed by atoms with Crippen molar-refractivity contribution in [1.82, 2.24) is 49.0 Å². The molecular formula is C100H58N10. The molecule has 0 radical (unpaired) electrons. The van der Waals surface area contributed by atoms with Gasteiger partial charge in [0.05, 0.1) is 38.8 Å². The van der Waals surface area contributed by atoms with Gasteiger partial charge in [-0.05, 0) is 161 Å². The lowest BCUT2D eigenvalue weighted by molar-refractivity contribution is 1.07. The Morgan fingerprint density at radius 3 is 1.13 bits per heavy atom. The molecule has 0 amide bonds. The molecule has 0 fully saturated rings. The van der Waals surface area contributed by atoms with Crippen molar-refractivity contribution in [2.75, 3.05) is 0 Å². The highest BCUT2D eigenvalue weighted by Crippen LogP contribution is 2.54. The van der Waals surface area contributed by atoms with Gasteiger partial charge in [0.2, 0.25) is 0 Å². The van der Waals surface area contributed by atoms with Gasteiger partial charge in [0.25, 0.3) is 0 Å². The number of rotatable bonds is 8. The zero-order valence-corrected chi connectivity index (χ0v) is 59.0. The van der Waals surface area contributed by atoms with E-state index < -0.39 is 0 Å². The predicted molar refractivity (Wildman–Crippen MR) is 450 cm³/mol. The molecule has 0 N–H and O–H groups in total. The second-order valence-electron chi connectivity index (χ2n) is 28.4. The Balaban J connectivity index is 0.000000132. The largest absolute Gasteiger partial charge is 0.307 e. The van der Waals surface area contributed by atoms with Gasteiger partial charge in [0, 0.05) is 89.2 Å². The normalized spacial score (nSPS) is 12.0. The Morgan fingerprint density at radius 1 is 0.200 bits per heavy atom. The van der Waals surface area contributed by atoms with Crippen molar-refractivity contribution < 1.29 is 0 Å². The lowest BCUT2D eigenvalue weighted by Crippen LogP contribution is -2.02. The molecule has 24 rings (SSSR count). The first-order chi connectivity index (χ1) is 54.6. The van der Waals surface area contributed by atoms with Crippen molar-refractivity contribution in [1.29, 1.82) is 0 Å². The Bertz CT molecular complexity index is 7580. The molecule has 6 heterocycles. The molecule has 0 saturated carbocycles. The van der Waals surface area contributed by atoms with Gasteiger partial charge in [-0.1, -0.05) is 261 Å². The number of pyridine rings is 2. The lowest BCUT2D eigenvalue weighted by Gasteiger charge is -2.17. The molecule has 22 aromatic rings. The molecule has 6 aromatic heterocycles. The highest BCUT2D eigenvalue weighted by Gasteiger charge is 2.31. The Labute approximate surface area is 629 Å². The number of hydrogen-bond acceptors (Lipinski definition) is 8. The molecule has 0 spiro atoms. The Hall–Kier alpha value is -15.0. The van der Waals surface area contributed by atoms with Gasteiger partial charge in [-0.2, -0.15) is 0 Å². The predicted octanol–water partition coefficient (Wildman–Crippen LogP) is 24.9. The van der Waals surface area contributed by atoms with Crippen LogP contribution in [0.25, 0.3) is 233 Å². The molecule has 2 aliphatic carbocycles. The molecule has 16 aromatic carbocycles. The average Bonchev–Trinajstić information content (AvgIpc) is 1.53. The van der Waals surface area contributed by atoms with Crippen molar-refractivity contribution in [2.45, 2.75) is 0 Å². The molecule has 10 heteroatoms. The summed E-state index contributed by atoms with van der Waals surface area (Å²) >= 11 is 0. The number of nitrogens with zero attached hydrogens (tertiary/aromatic N) is 10. The van der Waals surface area contributed by atoms with Gasteiger partial charge in [0.15, 0.2) is 34.9 Å². The van der Waals surface area contributed by atoms with Gasteiger partial charge >= 0.3 is 0 Å². The smallest absolute Gasteiger partial charge is 0.164 e. The van der Waals surface area contributed by atoms with E-state index in [0.717, 1.165) is 105 Å². The summed E-state index contributed by atoms with van der Waals surface area (Å²) in [6.45, 7) is 0. The first-order valence-electron chi connectivity index (χ1n) is 37.1. The van der Waals surface area contributed by atoms with Crippen LogP contribution >= 0.6 is 0 Å². The van der Waals surface area contributed by atoms with E-state index in [2.05, 4.69) is 246 Å². The number of fused-ring (bicyclic) bond motifs is 12. The third-order valence-electron chi connectivity index (χ3n) is 22.4. The first kappa shape index (κ1) is 61.3. The fourth-order valence-corrected chi connectivity index (χ4v) is 17.5. The van der Waals surface area contributed by atoms with Gasteiger partial charge in [-0.3, -0.25) is 9.97 Å². The van der Waals surface area contributed by atoms with Crippen LogP contribution < -0.4 is 0 Å². The van der Waals surface area contributed by atoms with Crippen LogP contribution in [0, 0.1) is 0 Å². The maximum atomic E-state index is 5.13. The van der Waals surface area contributed by atoms with Crippen molar-refractivity contribution in [2.24, 2.45) is 0 Å². The summed E-state index contributed by atoms with van der Waals surface area (Å²) < 4.78 is 4.86. The van der Waals surface area contributed by atoms with Crippen molar-refractivity contribution >= 4 is 109 Å². The van der Waals surface area contributed by atoms with E-state index in [0.29, 0.717) is 34.9 Å². The Kier molecular flexibility index (Phi) is 13.5. The van der Waals surface area contributed by atoms with Crippen LogP contribution in [-0.4, -0.2) is 49.0 Å². The highest BCUT2D eigenvalue weighted by atomic mass is 15.1. The summed E-state index contributed by atoms with van der Waals surface area (Å²) in [5.74, 6) is 3.83. The molecule has 10 nitrogen and oxygen atoms in total. The molecule has 508 valence electrons. The second kappa shape index (κ2) is 24.3. The molecule has 0 atom stereocenters. The van der Waals surface area contributed by atoms with Crippen molar-refractivity contribution in [3.63, 3.8) is 0 Å². The maximum Gasteiger partial charge on any atom is 0.164 e. The van der Waals surface area contributed by atoms with E-state index >= 15 is 0 Å². The number of hydrogen-bond donors (Lipinski definition) is 0. The van der Waals surface area contributed by atoms with Crippen LogP contribution in [0.2, 0.25) is 0 Å². The van der Waals surface area contributed by atoms with Crippen molar-refractivity contribution in [3.05, 3.63) is 352 Å². The van der Waals surface area contributed by atoms with Crippen LogP contribution in [-0.2, 0) is 0 Å². The van der Waals surface area contributed by atoms with Gasteiger partial charge in [-0.15, -0.1) is 0 Å². The summed E-state index contributed by atoms with van der Waals surface area (Å²) in [6, 6.07) is 120. The van der Waals surface area contributed by atoms with Gasteiger partial charge < -0.3 is 9.13 Å². The fourth-order valence-electron chi connectivity index (χ4n) is 17.5. The minimum Gasteiger partial charge on any atom is -0.307 e. The SMILES string of the molecule is c1ccc(-c2nc(-c3ccc(-n4c5ccc6cccc7c6c5c5c(cc6cccnc6c54)-c4ccccc4-7)cc3)nc(-c3ccc4ccccc4c3)n2)cc1.c1ccc(-c2nc(-c3ccccc3)nc(-c3ccc(-n4c5ccc6cccc7c6c5c5c(cc6cccnc6c54)-c4ccccc4-7)c4ccccc34)n2)cc1. The van der Waals surface area contributed by atoms with Gasteiger partial charge in [-0.25, -0.2) is 29.9 Å². The summed E-state index contributed by atoms with van der Waals surface area (Å²) in [7, 11) is 0. The molecule has 2 aliphatic rings. The molecule has 0 bridgehead atoms. The summed E-state index contributed by atoms with van der Waals surface area (Å²) in [4.78, 5) is 40.5.